The van der Waals surface area contributed by atoms with Gasteiger partial charge in [-0.25, -0.2) is 9.97 Å². The Hall–Kier alpha value is -3.40. The predicted molar refractivity (Wildman–Crippen MR) is 106 cm³/mol. The van der Waals surface area contributed by atoms with Crippen LogP contribution >= 0.6 is 0 Å². The van der Waals surface area contributed by atoms with Gasteiger partial charge in [0.1, 0.15) is 11.6 Å². The molecule has 2 heterocycles. The lowest BCUT2D eigenvalue weighted by atomic mass is 10.1. The molecule has 0 atom stereocenters. The minimum absolute atomic E-state index is 0.904. The third kappa shape index (κ3) is 3.49. The molecule has 0 aliphatic heterocycles. The number of H-pyrrole nitrogens is 2. The van der Waals surface area contributed by atoms with E-state index in [0.717, 1.165) is 45.3 Å². The molecule has 0 spiro atoms. The van der Waals surface area contributed by atoms with E-state index < -0.39 is 0 Å². The number of imidazole rings is 2. The fourth-order valence-electron chi connectivity index (χ4n) is 2.82. The molecule has 0 aliphatic carbocycles. The summed E-state index contributed by atoms with van der Waals surface area (Å²) in [7, 11) is 0. The van der Waals surface area contributed by atoms with Crippen molar-refractivity contribution in [3.05, 3.63) is 83.4 Å². The normalized spacial score (nSPS) is 11.3. The average Bonchev–Trinajstić information content (AvgIpc) is 3.29. The summed E-state index contributed by atoms with van der Waals surface area (Å²) in [4.78, 5) is 15.2. The largest absolute Gasteiger partial charge is 0.342 e. The Morgan fingerprint density at radius 2 is 1.00 bits per heavy atom. The highest BCUT2D eigenvalue weighted by molar-refractivity contribution is 5.72. The molecular formula is C22H20N4. The summed E-state index contributed by atoms with van der Waals surface area (Å²) in [6, 6.07) is 16.7. The Kier molecular flexibility index (Phi) is 4.23. The molecule has 2 N–H and O–H groups in total. The second-order valence-corrected chi connectivity index (χ2v) is 6.41. The number of aromatic amines is 2. The summed E-state index contributed by atoms with van der Waals surface area (Å²) >= 11 is 0. The maximum absolute atomic E-state index is 4.36. The van der Waals surface area contributed by atoms with Gasteiger partial charge in [0.05, 0.1) is 0 Å². The molecule has 2 aromatic carbocycles. The number of aromatic nitrogens is 4. The van der Waals surface area contributed by atoms with Gasteiger partial charge >= 0.3 is 0 Å². The maximum atomic E-state index is 4.36. The lowest BCUT2D eigenvalue weighted by Gasteiger charge is -2.00. The van der Waals surface area contributed by atoms with Crippen molar-refractivity contribution in [2.24, 2.45) is 0 Å². The van der Waals surface area contributed by atoms with Crippen LogP contribution in [0.15, 0.2) is 60.9 Å². The summed E-state index contributed by atoms with van der Waals surface area (Å²) in [6.07, 6.45) is 7.92. The topological polar surface area (TPSA) is 57.4 Å². The summed E-state index contributed by atoms with van der Waals surface area (Å²) < 4.78 is 0. The molecule has 4 nitrogen and oxygen atoms in total. The van der Waals surface area contributed by atoms with Crippen molar-refractivity contribution in [2.75, 3.05) is 0 Å². The first-order chi connectivity index (χ1) is 12.7. The third-order valence-corrected chi connectivity index (χ3v) is 4.24. The van der Waals surface area contributed by atoms with Crippen molar-refractivity contribution in [3.63, 3.8) is 0 Å². The van der Waals surface area contributed by atoms with Crippen LogP contribution in [0.4, 0.5) is 0 Å². The number of aryl methyl sites for hydroxylation is 2. The molecule has 0 saturated heterocycles. The van der Waals surface area contributed by atoms with Gasteiger partial charge in [-0.15, -0.1) is 0 Å². The molecule has 128 valence electrons. The molecule has 4 rings (SSSR count). The summed E-state index contributed by atoms with van der Waals surface area (Å²) in [5.41, 5.74) is 6.63. The Morgan fingerprint density at radius 1 is 0.615 bits per heavy atom. The van der Waals surface area contributed by atoms with Crippen molar-refractivity contribution >= 4 is 12.2 Å². The first kappa shape index (κ1) is 16.1. The highest BCUT2D eigenvalue weighted by Gasteiger charge is 2.02. The zero-order valence-corrected chi connectivity index (χ0v) is 14.8. The van der Waals surface area contributed by atoms with Crippen LogP contribution in [0.5, 0.6) is 0 Å². The zero-order valence-electron chi connectivity index (χ0n) is 14.8. The van der Waals surface area contributed by atoms with E-state index in [4.69, 9.17) is 0 Å². The van der Waals surface area contributed by atoms with Gasteiger partial charge in [0, 0.05) is 34.9 Å². The van der Waals surface area contributed by atoms with Gasteiger partial charge in [-0.2, -0.15) is 0 Å². The molecule has 4 heteroatoms. The quantitative estimate of drug-likeness (QED) is 0.498. The molecule has 0 aliphatic rings. The van der Waals surface area contributed by atoms with Gasteiger partial charge in [-0.1, -0.05) is 60.7 Å². The third-order valence-electron chi connectivity index (χ3n) is 4.24. The monoisotopic (exact) mass is 340 g/mol. The van der Waals surface area contributed by atoms with Gasteiger partial charge in [-0.3, -0.25) is 0 Å². The summed E-state index contributed by atoms with van der Waals surface area (Å²) in [6.45, 7) is 4.01. The number of hydrogen-bond donors (Lipinski definition) is 2. The van der Waals surface area contributed by atoms with Gasteiger partial charge in [0.25, 0.3) is 0 Å². The van der Waals surface area contributed by atoms with E-state index in [1.54, 1.807) is 0 Å². The standard InChI is InChI=1S/C22H20N4/c1-15-13-23-21(25-15)19-9-5-17(6-10-19)3-4-18-7-11-20(12-8-18)22-24-14-16(2)26-22/h3-14H,1-2H3,(H,23,25)(H,24,26)/b4-3+. The smallest absolute Gasteiger partial charge is 0.137 e. The van der Waals surface area contributed by atoms with Crippen molar-refractivity contribution < 1.29 is 0 Å². The van der Waals surface area contributed by atoms with Crippen LogP contribution in [0, 0.1) is 13.8 Å². The SMILES string of the molecule is Cc1cnc(-c2ccc(/C=C/c3ccc(-c4ncc(C)[nH]4)cc3)cc2)[nH]1. The van der Waals surface area contributed by atoms with Crippen molar-refractivity contribution in [1.82, 2.24) is 19.9 Å². The lowest BCUT2D eigenvalue weighted by Crippen LogP contribution is -1.82. The molecular weight excluding hydrogens is 320 g/mol. The fraction of sp³-hybridized carbons (Fsp3) is 0.0909. The Bertz CT molecular complexity index is 949. The predicted octanol–water partition coefficient (Wildman–Crippen LogP) is 5.25. The van der Waals surface area contributed by atoms with Crippen LogP contribution < -0.4 is 0 Å². The second kappa shape index (κ2) is 6.84. The second-order valence-electron chi connectivity index (χ2n) is 6.41. The first-order valence-electron chi connectivity index (χ1n) is 8.59. The number of benzene rings is 2. The highest BCUT2D eigenvalue weighted by atomic mass is 14.9. The van der Waals surface area contributed by atoms with Gasteiger partial charge in [0.2, 0.25) is 0 Å². The molecule has 26 heavy (non-hydrogen) atoms. The van der Waals surface area contributed by atoms with Crippen LogP contribution in [0.25, 0.3) is 34.9 Å². The number of nitrogens with one attached hydrogen (secondary N) is 2. The Labute approximate surface area is 152 Å². The molecule has 0 fully saturated rings. The molecule has 2 aromatic heterocycles. The Morgan fingerprint density at radius 3 is 1.31 bits per heavy atom. The van der Waals surface area contributed by atoms with Crippen LogP contribution in [-0.2, 0) is 0 Å². The molecule has 0 radical (unpaired) electrons. The molecule has 4 aromatic rings. The number of rotatable bonds is 4. The highest BCUT2D eigenvalue weighted by Crippen LogP contribution is 2.19. The van der Waals surface area contributed by atoms with Crippen LogP contribution in [0.2, 0.25) is 0 Å². The zero-order chi connectivity index (χ0) is 17.9. The minimum atomic E-state index is 0.904. The van der Waals surface area contributed by atoms with E-state index in [0.29, 0.717) is 0 Å². The van der Waals surface area contributed by atoms with Crippen molar-refractivity contribution in [1.29, 1.82) is 0 Å². The van der Waals surface area contributed by atoms with E-state index in [-0.39, 0.29) is 0 Å². The molecule has 0 amide bonds. The van der Waals surface area contributed by atoms with E-state index in [1.165, 1.54) is 0 Å². The van der Waals surface area contributed by atoms with Crippen molar-refractivity contribution in [2.45, 2.75) is 13.8 Å². The fourth-order valence-corrected chi connectivity index (χ4v) is 2.82. The molecule has 0 unspecified atom stereocenters. The maximum Gasteiger partial charge on any atom is 0.137 e. The lowest BCUT2D eigenvalue weighted by molar-refractivity contribution is 1.25. The molecule has 0 bridgehead atoms. The Balaban J connectivity index is 1.47. The van der Waals surface area contributed by atoms with Crippen molar-refractivity contribution in [3.8, 4) is 22.8 Å². The van der Waals surface area contributed by atoms with E-state index >= 15 is 0 Å². The summed E-state index contributed by atoms with van der Waals surface area (Å²) in [5, 5.41) is 0. The number of nitrogens with zero attached hydrogens (tertiary/aromatic N) is 2. The average molecular weight is 340 g/mol. The van der Waals surface area contributed by atoms with Crippen LogP contribution in [-0.4, -0.2) is 19.9 Å². The first-order valence-corrected chi connectivity index (χ1v) is 8.59. The number of hydrogen-bond acceptors (Lipinski definition) is 2. The van der Waals surface area contributed by atoms with E-state index in [2.05, 4.69) is 80.6 Å². The van der Waals surface area contributed by atoms with E-state index in [1.807, 2.05) is 26.2 Å². The molecule has 0 saturated carbocycles. The van der Waals surface area contributed by atoms with Gasteiger partial charge in [-0.05, 0) is 25.0 Å². The minimum Gasteiger partial charge on any atom is -0.342 e. The van der Waals surface area contributed by atoms with E-state index in [9.17, 15) is 0 Å². The van der Waals surface area contributed by atoms with Gasteiger partial charge in [0.15, 0.2) is 0 Å². The van der Waals surface area contributed by atoms with Crippen LogP contribution in [0.3, 0.4) is 0 Å². The van der Waals surface area contributed by atoms with Gasteiger partial charge < -0.3 is 9.97 Å². The summed E-state index contributed by atoms with van der Waals surface area (Å²) in [5.74, 6) is 1.81. The van der Waals surface area contributed by atoms with Crippen LogP contribution in [0.1, 0.15) is 22.5 Å².